The average Bonchev–Trinajstić information content (AvgIpc) is 2.66. The van der Waals surface area contributed by atoms with Crippen molar-refractivity contribution in [1.82, 2.24) is 0 Å². The first-order valence-corrected chi connectivity index (χ1v) is 7.52. The monoisotopic (exact) mass is 368 g/mol. The van der Waals surface area contributed by atoms with E-state index in [4.69, 9.17) is 0 Å². The van der Waals surface area contributed by atoms with Gasteiger partial charge < -0.3 is 9.80 Å². The van der Waals surface area contributed by atoms with Gasteiger partial charge in [0.05, 0.1) is 0 Å². The number of nitrogens with zero attached hydrogens (tertiary/aromatic N) is 2. The first-order valence-electron chi connectivity index (χ1n) is 7.52. The molecule has 0 saturated carbocycles. The molecule has 0 heterocycles. The zero-order valence-corrected chi connectivity index (χ0v) is 14.0. The molecule has 0 saturated heterocycles. The second-order valence-corrected chi connectivity index (χ2v) is 5.55. The van der Waals surface area contributed by atoms with E-state index in [1.807, 2.05) is 0 Å². The molecular formula is C18H16F4N2O2. The number of anilines is 2. The summed E-state index contributed by atoms with van der Waals surface area (Å²) in [6.07, 6.45) is 0. The van der Waals surface area contributed by atoms with Gasteiger partial charge in [0.25, 0.3) is 0 Å². The zero-order valence-electron chi connectivity index (χ0n) is 14.0. The average molecular weight is 368 g/mol. The molecule has 0 fully saturated rings. The van der Waals surface area contributed by atoms with Gasteiger partial charge in [0.2, 0.25) is 0 Å². The van der Waals surface area contributed by atoms with Gasteiger partial charge in [-0.3, -0.25) is 9.59 Å². The van der Waals surface area contributed by atoms with Crippen LogP contribution in [0.5, 0.6) is 0 Å². The van der Waals surface area contributed by atoms with Crippen LogP contribution >= 0.6 is 0 Å². The highest BCUT2D eigenvalue weighted by molar-refractivity contribution is 6.07. The summed E-state index contributed by atoms with van der Waals surface area (Å²) < 4.78 is 57.1. The van der Waals surface area contributed by atoms with Crippen LogP contribution in [0.1, 0.15) is 0 Å². The number of amides is 2. The van der Waals surface area contributed by atoms with Crippen molar-refractivity contribution < 1.29 is 27.2 Å². The predicted molar refractivity (Wildman–Crippen MR) is 89.6 cm³/mol. The third-order valence-corrected chi connectivity index (χ3v) is 3.83. The number of rotatable bonds is 5. The molecule has 0 aliphatic heterocycles. The maximum Gasteiger partial charge on any atom is 0.396 e. The lowest BCUT2D eigenvalue weighted by atomic mass is 10.1. The third-order valence-electron chi connectivity index (χ3n) is 3.83. The molecule has 4 nitrogen and oxygen atoms in total. The van der Waals surface area contributed by atoms with Gasteiger partial charge in [-0.2, -0.15) is 17.6 Å². The van der Waals surface area contributed by atoms with Crippen molar-refractivity contribution in [3.05, 3.63) is 60.7 Å². The fourth-order valence-electron chi connectivity index (χ4n) is 2.23. The molecule has 0 aliphatic carbocycles. The normalized spacial score (nSPS) is 11.8. The number of hydrogen-bond donors (Lipinski definition) is 0. The Bertz CT molecular complexity index is 715. The molecule has 2 aromatic rings. The van der Waals surface area contributed by atoms with E-state index in [1.165, 1.54) is 48.5 Å². The Morgan fingerprint density at radius 3 is 1.19 bits per heavy atom. The first-order chi connectivity index (χ1) is 12.1. The molecular weight excluding hydrogens is 352 g/mol. The van der Waals surface area contributed by atoms with Gasteiger partial charge in [-0.1, -0.05) is 36.4 Å². The molecule has 0 unspecified atom stereocenters. The van der Waals surface area contributed by atoms with E-state index in [0.29, 0.717) is 9.80 Å². The molecule has 138 valence electrons. The van der Waals surface area contributed by atoms with E-state index >= 15 is 0 Å². The number of benzene rings is 2. The van der Waals surface area contributed by atoms with Crippen LogP contribution in [0.2, 0.25) is 0 Å². The lowest BCUT2D eigenvalue weighted by Crippen LogP contribution is -2.60. The van der Waals surface area contributed by atoms with Crippen molar-refractivity contribution in [3.63, 3.8) is 0 Å². The molecule has 2 aromatic carbocycles. The Kier molecular flexibility index (Phi) is 5.34. The third kappa shape index (κ3) is 3.40. The molecule has 0 radical (unpaired) electrons. The van der Waals surface area contributed by atoms with E-state index < -0.39 is 23.7 Å². The van der Waals surface area contributed by atoms with E-state index in [9.17, 15) is 27.2 Å². The molecule has 0 atom stereocenters. The molecule has 8 heteroatoms. The summed E-state index contributed by atoms with van der Waals surface area (Å²) in [7, 11) is 1.88. The number of para-hydroxylation sites is 2. The van der Waals surface area contributed by atoms with Crippen molar-refractivity contribution in [2.75, 3.05) is 23.9 Å². The topological polar surface area (TPSA) is 40.6 Å². The van der Waals surface area contributed by atoms with E-state index in [1.54, 1.807) is 12.1 Å². The quantitative estimate of drug-likeness (QED) is 0.757. The summed E-state index contributed by atoms with van der Waals surface area (Å²) in [5, 5.41) is 0. The smallest absolute Gasteiger partial charge is 0.310 e. The van der Waals surface area contributed by atoms with Crippen LogP contribution in [0, 0.1) is 0 Å². The number of carbonyl (C=O) groups excluding carboxylic acids is 2. The van der Waals surface area contributed by atoms with Crippen LogP contribution in [0.15, 0.2) is 60.7 Å². The van der Waals surface area contributed by atoms with Crippen LogP contribution in [0.25, 0.3) is 0 Å². The molecule has 0 bridgehead atoms. The van der Waals surface area contributed by atoms with Gasteiger partial charge in [-0.15, -0.1) is 0 Å². The van der Waals surface area contributed by atoms with Gasteiger partial charge >= 0.3 is 23.7 Å². The van der Waals surface area contributed by atoms with E-state index in [-0.39, 0.29) is 11.4 Å². The largest absolute Gasteiger partial charge is 0.396 e. The number of hydrogen-bond acceptors (Lipinski definition) is 2. The molecule has 0 spiro atoms. The summed E-state index contributed by atoms with van der Waals surface area (Å²) in [4.78, 5) is 24.8. The maximum absolute atomic E-state index is 14.3. The zero-order chi connectivity index (χ0) is 19.5. The number of alkyl halides is 4. The Morgan fingerprint density at radius 2 is 0.923 bits per heavy atom. The molecule has 26 heavy (non-hydrogen) atoms. The summed E-state index contributed by atoms with van der Waals surface area (Å²) in [6.45, 7) is 0. The Labute approximate surface area is 147 Å². The molecule has 2 amide bonds. The van der Waals surface area contributed by atoms with Crippen LogP contribution in [0.4, 0.5) is 28.9 Å². The summed E-state index contributed by atoms with van der Waals surface area (Å²) in [5.74, 6) is -14.8. The van der Waals surface area contributed by atoms with Gasteiger partial charge in [0.15, 0.2) is 0 Å². The standard InChI is InChI=1S/C18H16F4N2O2/c1-23(13-9-5-3-6-10-13)15(25)17(19,20)18(21,22)16(26)24(2)14-11-7-4-8-12-14/h3-12H,1-2H3. The summed E-state index contributed by atoms with van der Waals surface area (Å²) >= 11 is 0. The van der Waals surface area contributed by atoms with E-state index in [0.717, 1.165) is 14.1 Å². The van der Waals surface area contributed by atoms with Gasteiger partial charge in [0, 0.05) is 25.5 Å². The van der Waals surface area contributed by atoms with Crippen LogP contribution in [-0.4, -0.2) is 37.8 Å². The second kappa shape index (κ2) is 7.15. The highest BCUT2D eigenvalue weighted by Crippen LogP contribution is 2.38. The highest BCUT2D eigenvalue weighted by atomic mass is 19.3. The minimum Gasteiger partial charge on any atom is -0.310 e. The van der Waals surface area contributed by atoms with Crippen LogP contribution in [-0.2, 0) is 9.59 Å². The number of halogens is 4. The summed E-state index contributed by atoms with van der Waals surface area (Å²) in [6, 6.07) is 14.2. The fraction of sp³-hybridized carbons (Fsp3) is 0.222. The second-order valence-electron chi connectivity index (χ2n) is 5.55. The first kappa shape index (κ1) is 19.4. The predicted octanol–water partition coefficient (Wildman–Crippen LogP) is 3.58. The van der Waals surface area contributed by atoms with Crippen LogP contribution < -0.4 is 9.80 Å². The lowest BCUT2D eigenvalue weighted by molar-refractivity contribution is -0.207. The summed E-state index contributed by atoms with van der Waals surface area (Å²) in [5.41, 5.74) is -0.00586. The Hall–Kier alpha value is -2.90. The highest BCUT2D eigenvalue weighted by Gasteiger charge is 2.68. The van der Waals surface area contributed by atoms with Crippen molar-refractivity contribution in [1.29, 1.82) is 0 Å². The van der Waals surface area contributed by atoms with Crippen LogP contribution in [0.3, 0.4) is 0 Å². The fourth-order valence-corrected chi connectivity index (χ4v) is 2.23. The van der Waals surface area contributed by atoms with Gasteiger partial charge in [0.1, 0.15) is 0 Å². The van der Waals surface area contributed by atoms with Crippen molar-refractivity contribution in [2.24, 2.45) is 0 Å². The van der Waals surface area contributed by atoms with Crippen molar-refractivity contribution in [3.8, 4) is 0 Å². The van der Waals surface area contributed by atoms with Gasteiger partial charge in [-0.25, -0.2) is 0 Å². The Balaban J connectivity index is 2.30. The SMILES string of the molecule is CN(C(=O)C(F)(F)C(F)(F)C(=O)N(C)c1ccccc1)c1ccccc1. The van der Waals surface area contributed by atoms with Gasteiger partial charge in [-0.05, 0) is 24.3 Å². The Morgan fingerprint density at radius 1 is 0.654 bits per heavy atom. The van der Waals surface area contributed by atoms with Crippen molar-refractivity contribution >= 4 is 23.2 Å². The van der Waals surface area contributed by atoms with E-state index in [2.05, 4.69) is 0 Å². The lowest BCUT2D eigenvalue weighted by Gasteiger charge is -2.31. The number of carbonyl (C=O) groups is 2. The molecule has 0 aromatic heterocycles. The minimum absolute atomic E-state index is 0.00293. The van der Waals surface area contributed by atoms with Crippen molar-refractivity contribution in [2.45, 2.75) is 11.8 Å². The minimum atomic E-state index is -5.22. The maximum atomic E-state index is 14.3. The molecule has 2 rings (SSSR count). The molecule has 0 aliphatic rings. The molecule has 0 N–H and O–H groups in total.